The second-order valence-electron chi connectivity index (χ2n) is 4.80. The number of nitrogens with one attached hydrogen (secondary N) is 1. The summed E-state index contributed by atoms with van der Waals surface area (Å²) in [6.07, 6.45) is -4.77. The molecule has 9 nitrogen and oxygen atoms in total. The van der Waals surface area contributed by atoms with E-state index in [4.69, 9.17) is 9.84 Å². The monoisotopic (exact) mass is 276 g/mol. The smallest absolute Gasteiger partial charge is 0.328 e. The second kappa shape index (κ2) is 4.69. The lowest BCUT2D eigenvalue weighted by molar-refractivity contribution is -0.193. The van der Waals surface area contributed by atoms with Gasteiger partial charge in [-0.2, -0.15) is 0 Å². The summed E-state index contributed by atoms with van der Waals surface area (Å²) in [6.45, 7) is 0.611. The maximum atomic E-state index is 11.7. The Hall–Kier alpha value is -1.26. The zero-order chi connectivity index (χ0) is 14.4. The lowest BCUT2D eigenvalue weighted by atomic mass is 10.00. The van der Waals surface area contributed by atoms with Crippen molar-refractivity contribution in [1.29, 1.82) is 0 Å². The number of amides is 3. The van der Waals surface area contributed by atoms with Crippen LogP contribution in [0.5, 0.6) is 0 Å². The molecule has 2 aliphatic rings. The fourth-order valence-electron chi connectivity index (χ4n) is 2.13. The van der Waals surface area contributed by atoms with Gasteiger partial charge >= 0.3 is 6.03 Å². The van der Waals surface area contributed by atoms with Gasteiger partial charge in [0.15, 0.2) is 11.8 Å². The van der Waals surface area contributed by atoms with Crippen LogP contribution in [-0.4, -0.2) is 74.1 Å². The molecule has 0 radical (unpaired) electrons. The number of hydrogen-bond donors (Lipinski definition) is 5. The molecule has 2 saturated heterocycles. The summed E-state index contributed by atoms with van der Waals surface area (Å²) < 4.78 is 5.21. The SMILES string of the molecule is C[C@]1(O)C(=O)NC(=O)N([C@H]2C[C@H](O)[C@@H](CO)O2)[C@@H]1O. The standard InChI is InChI=1S/C10H16N2O7/c1-10(18)7(15)11-9(17)12(8(10)16)6-2-4(14)5(3-13)19-6/h4-6,8,13-14,16,18H,2-3H2,1H3,(H,11,15,17)/t4-,5+,6+,8+,10-/m0/s1. The van der Waals surface area contributed by atoms with Gasteiger partial charge in [0.2, 0.25) is 0 Å². The summed E-state index contributed by atoms with van der Waals surface area (Å²) in [4.78, 5) is 23.8. The van der Waals surface area contributed by atoms with Gasteiger partial charge in [-0.05, 0) is 6.92 Å². The first-order valence-electron chi connectivity index (χ1n) is 5.77. The Morgan fingerprint density at radius 3 is 2.63 bits per heavy atom. The molecule has 0 saturated carbocycles. The molecule has 0 bridgehead atoms. The summed E-state index contributed by atoms with van der Waals surface area (Å²) >= 11 is 0. The number of carbonyl (C=O) groups is 2. The molecule has 2 aliphatic heterocycles. The molecule has 5 atom stereocenters. The van der Waals surface area contributed by atoms with Gasteiger partial charge in [0.05, 0.1) is 12.7 Å². The number of aliphatic hydroxyl groups excluding tert-OH is 3. The maximum Gasteiger partial charge on any atom is 0.328 e. The summed E-state index contributed by atoms with van der Waals surface area (Å²) in [5.74, 6) is -1.02. The van der Waals surface area contributed by atoms with Crippen molar-refractivity contribution in [3.05, 3.63) is 0 Å². The van der Waals surface area contributed by atoms with E-state index in [0.29, 0.717) is 0 Å². The highest BCUT2D eigenvalue weighted by Gasteiger charge is 2.53. The average Bonchev–Trinajstić information content (AvgIpc) is 2.68. The van der Waals surface area contributed by atoms with E-state index in [1.165, 1.54) is 0 Å². The van der Waals surface area contributed by atoms with Crippen molar-refractivity contribution in [2.75, 3.05) is 6.61 Å². The lowest BCUT2D eigenvalue weighted by Crippen LogP contribution is -2.70. The Labute approximate surface area is 108 Å². The van der Waals surface area contributed by atoms with Crippen LogP contribution in [0.25, 0.3) is 0 Å². The van der Waals surface area contributed by atoms with E-state index in [-0.39, 0.29) is 6.42 Å². The molecule has 5 N–H and O–H groups in total. The third-order valence-electron chi connectivity index (χ3n) is 3.38. The highest BCUT2D eigenvalue weighted by molar-refractivity contribution is 6.01. The van der Waals surface area contributed by atoms with Crippen LogP contribution in [0.3, 0.4) is 0 Å². The van der Waals surface area contributed by atoms with Crippen molar-refractivity contribution in [3.8, 4) is 0 Å². The summed E-state index contributed by atoms with van der Waals surface area (Å²) in [5.41, 5.74) is -2.18. The Morgan fingerprint density at radius 2 is 2.11 bits per heavy atom. The van der Waals surface area contributed by atoms with Crippen LogP contribution in [0, 0.1) is 0 Å². The van der Waals surface area contributed by atoms with Gasteiger partial charge in [-0.1, -0.05) is 0 Å². The number of carbonyl (C=O) groups excluding carboxylic acids is 2. The fraction of sp³-hybridized carbons (Fsp3) is 0.800. The first-order chi connectivity index (χ1) is 8.78. The molecule has 0 unspecified atom stereocenters. The van der Waals surface area contributed by atoms with Crippen LogP contribution in [0.4, 0.5) is 4.79 Å². The van der Waals surface area contributed by atoms with Crippen molar-refractivity contribution in [2.24, 2.45) is 0 Å². The third-order valence-corrected chi connectivity index (χ3v) is 3.38. The highest BCUT2D eigenvalue weighted by Crippen LogP contribution is 2.29. The Bertz CT molecular complexity index is 399. The zero-order valence-electron chi connectivity index (χ0n) is 10.2. The Balaban J connectivity index is 2.20. The van der Waals surface area contributed by atoms with Crippen LogP contribution in [0.15, 0.2) is 0 Å². The zero-order valence-corrected chi connectivity index (χ0v) is 10.2. The van der Waals surface area contributed by atoms with E-state index in [1.807, 2.05) is 5.32 Å². The molecule has 9 heteroatoms. The fourth-order valence-corrected chi connectivity index (χ4v) is 2.13. The van der Waals surface area contributed by atoms with Gasteiger partial charge in [-0.25, -0.2) is 4.79 Å². The quantitative estimate of drug-likeness (QED) is 0.364. The Kier molecular flexibility index (Phi) is 3.49. The van der Waals surface area contributed by atoms with E-state index in [2.05, 4.69) is 0 Å². The molecule has 19 heavy (non-hydrogen) atoms. The summed E-state index contributed by atoms with van der Waals surface area (Å²) in [5, 5.41) is 40.2. The number of urea groups is 1. The van der Waals surface area contributed by atoms with Crippen molar-refractivity contribution >= 4 is 11.9 Å². The first kappa shape index (κ1) is 14.2. The number of rotatable bonds is 2. The summed E-state index contributed by atoms with van der Waals surface area (Å²) in [7, 11) is 0. The molecular weight excluding hydrogens is 260 g/mol. The number of ether oxygens (including phenoxy) is 1. The van der Waals surface area contributed by atoms with Gasteiger partial charge in [0, 0.05) is 6.42 Å². The van der Waals surface area contributed by atoms with Crippen molar-refractivity contribution in [1.82, 2.24) is 10.2 Å². The Morgan fingerprint density at radius 1 is 1.47 bits per heavy atom. The molecule has 2 heterocycles. The van der Waals surface area contributed by atoms with E-state index in [9.17, 15) is 24.9 Å². The van der Waals surface area contributed by atoms with Gasteiger partial charge in [0.25, 0.3) is 5.91 Å². The van der Waals surface area contributed by atoms with Crippen molar-refractivity contribution in [3.63, 3.8) is 0 Å². The molecule has 3 amide bonds. The average molecular weight is 276 g/mol. The maximum absolute atomic E-state index is 11.7. The van der Waals surface area contributed by atoms with Crippen LogP contribution in [0.2, 0.25) is 0 Å². The van der Waals surface area contributed by atoms with Gasteiger partial charge in [-0.15, -0.1) is 0 Å². The van der Waals surface area contributed by atoms with Gasteiger partial charge < -0.3 is 25.2 Å². The van der Waals surface area contributed by atoms with Crippen LogP contribution < -0.4 is 5.32 Å². The predicted molar refractivity (Wildman–Crippen MR) is 58.4 cm³/mol. The minimum Gasteiger partial charge on any atom is -0.394 e. The van der Waals surface area contributed by atoms with Crippen LogP contribution >= 0.6 is 0 Å². The van der Waals surface area contributed by atoms with Crippen molar-refractivity contribution < 1.29 is 34.8 Å². The third kappa shape index (κ3) is 2.19. The normalized spacial score (nSPS) is 43.5. The molecule has 108 valence electrons. The lowest BCUT2D eigenvalue weighted by Gasteiger charge is -2.42. The van der Waals surface area contributed by atoms with Crippen LogP contribution in [-0.2, 0) is 9.53 Å². The minimum atomic E-state index is -2.18. The topological polar surface area (TPSA) is 140 Å². The van der Waals surface area contributed by atoms with Crippen molar-refractivity contribution in [2.45, 2.75) is 43.6 Å². The number of nitrogens with zero attached hydrogens (tertiary/aromatic N) is 1. The highest BCUT2D eigenvalue weighted by atomic mass is 16.6. The molecule has 0 spiro atoms. The van der Waals surface area contributed by atoms with E-state index in [1.54, 1.807) is 0 Å². The molecule has 2 rings (SSSR count). The van der Waals surface area contributed by atoms with Gasteiger partial charge in [-0.3, -0.25) is 15.0 Å². The first-order valence-corrected chi connectivity index (χ1v) is 5.77. The van der Waals surface area contributed by atoms with E-state index < -0.39 is 48.8 Å². The number of hydrogen-bond acceptors (Lipinski definition) is 7. The molecule has 0 aromatic heterocycles. The minimum absolute atomic E-state index is 0.0417. The van der Waals surface area contributed by atoms with E-state index >= 15 is 0 Å². The number of imide groups is 1. The molecular formula is C10H16N2O7. The molecule has 0 aromatic carbocycles. The number of aliphatic hydroxyl groups is 4. The summed E-state index contributed by atoms with van der Waals surface area (Å²) in [6, 6.07) is -0.931. The van der Waals surface area contributed by atoms with Gasteiger partial charge in [0.1, 0.15) is 12.3 Å². The van der Waals surface area contributed by atoms with E-state index in [0.717, 1.165) is 11.8 Å². The molecule has 0 aliphatic carbocycles. The molecule has 2 fully saturated rings. The molecule has 0 aromatic rings. The largest absolute Gasteiger partial charge is 0.394 e. The second-order valence-corrected chi connectivity index (χ2v) is 4.80. The van der Waals surface area contributed by atoms with Crippen LogP contribution in [0.1, 0.15) is 13.3 Å². The predicted octanol–water partition coefficient (Wildman–Crippen LogP) is -2.92.